The predicted molar refractivity (Wildman–Crippen MR) is 148 cm³/mol. The number of hydrogen-bond acceptors (Lipinski definition) is 7. The number of piperidine rings is 1. The van der Waals surface area contributed by atoms with Gasteiger partial charge in [-0.3, -0.25) is 0 Å². The summed E-state index contributed by atoms with van der Waals surface area (Å²) in [6.07, 6.45) is 2.55. The van der Waals surface area contributed by atoms with Crippen molar-refractivity contribution in [2.75, 3.05) is 37.7 Å². The van der Waals surface area contributed by atoms with E-state index >= 15 is 0 Å². The number of pyridine rings is 1. The average molecular weight is 563 g/mol. The fourth-order valence-corrected chi connectivity index (χ4v) is 5.63. The molecule has 3 aromatic heterocycles. The number of ether oxygens (including phenoxy) is 1. The average Bonchev–Trinajstić information content (AvgIpc) is 3.51. The summed E-state index contributed by atoms with van der Waals surface area (Å²) in [5.74, 6) is 0.955. The fraction of sp³-hybridized carbons (Fsp3) is 0.414. The summed E-state index contributed by atoms with van der Waals surface area (Å²) in [5.41, 5.74) is 2.56. The summed E-state index contributed by atoms with van der Waals surface area (Å²) in [6.45, 7) is 6.74. The van der Waals surface area contributed by atoms with Crippen molar-refractivity contribution < 1.29 is 18.3 Å². The van der Waals surface area contributed by atoms with E-state index in [9.17, 15) is 13.6 Å². The number of hydrogen-bond donors (Lipinski definition) is 1. The van der Waals surface area contributed by atoms with Gasteiger partial charge in [0.1, 0.15) is 11.6 Å². The van der Waals surface area contributed by atoms with Gasteiger partial charge in [-0.1, -0.05) is 37.3 Å². The molecule has 0 radical (unpaired) electrons. The Morgan fingerprint density at radius 3 is 2.63 bits per heavy atom. The Morgan fingerprint density at radius 2 is 1.88 bits per heavy atom. The fourth-order valence-electron chi connectivity index (χ4n) is 5.63. The summed E-state index contributed by atoms with van der Waals surface area (Å²) in [4.78, 5) is 27.9. The van der Waals surface area contributed by atoms with E-state index < -0.39 is 12.0 Å². The van der Waals surface area contributed by atoms with Crippen LogP contribution in [-0.4, -0.2) is 73.8 Å². The van der Waals surface area contributed by atoms with Crippen LogP contribution >= 0.6 is 0 Å². The standard InChI is InChI=1S/C29H32F2N8O2/c1-19-14-22(41-17-20(2)21-6-4-3-5-7-21)16-39-26(19)33-24(36-39)8-11-38-18-29(35-28(38)40)9-12-37(13-10-29)25-15-23(30)32-27(31)34-25/h3-7,14-16,20H,8-13,17-18H2,1-2H3,(H,35,40)/t20-/m0/s1. The van der Waals surface area contributed by atoms with E-state index in [0.29, 0.717) is 57.9 Å². The zero-order valence-electron chi connectivity index (χ0n) is 23.1. The molecule has 0 aliphatic carbocycles. The molecule has 6 rings (SSSR count). The Morgan fingerprint density at radius 1 is 1.10 bits per heavy atom. The first-order valence-corrected chi connectivity index (χ1v) is 13.8. The van der Waals surface area contributed by atoms with Gasteiger partial charge in [0.15, 0.2) is 11.5 Å². The van der Waals surface area contributed by atoms with E-state index in [2.05, 4.69) is 39.4 Å². The molecule has 41 heavy (non-hydrogen) atoms. The smallest absolute Gasteiger partial charge is 0.317 e. The molecule has 0 bridgehead atoms. The highest BCUT2D eigenvalue weighted by Gasteiger charge is 2.44. The maximum Gasteiger partial charge on any atom is 0.317 e. The van der Waals surface area contributed by atoms with Crippen molar-refractivity contribution in [3.8, 4) is 5.75 Å². The minimum atomic E-state index is -1.09. The molecule has 2 aliphatic rings. The first kappa shape index (κ1) is 26.9. The number of rotatable bonds is 8. The summed E-state index contributed by atoms with van der Waals surface area (Å²) in [6, 6.07) is 13.2. The van der Waals surface area contributed by atoms with Crippen molar-refractivity contribution in [2.45, 2.75) is 44.6 Å². The van der Waals surface area contributed by atoms with Crippen LogP contribution in [0.4, 0.5) is 19.4 Å². The number of aryl methyl sites for hydroxylation is 1. The molecule has 4 aromatic rings. The first-order chi connectivity index (χ1) is 19.8. The second-order valence-electron chi connectivity index (χ2n) is 11.0. The molecular formula is C29H32F2N8O2. The minimum Gasteiger partial charge on any atom is -0.491 e. The molecule has 1 spiro atoms. The lowest BCUT2D eigenvalue weighted by molar-refractivity contribution is 0.217. The normalized spacial score (nSPS) is 17.3. The molecule has 0 saturated carbocycles. The number of carbonyl (C=O) groups is 1. The lowest BCUT2D eigenvalue weighted by atomic mass is 9.88. The number of amides is 2. The van der Waals surface area contributed by atoms with Gasteiger partial charge >= 0.3 is 12.1 Å². The molecule has 1 aromatic carbocycles. The molecule has 2 fully saturated rings. The van der Waals surface area contributed by atoms with Gasteiger partial charge in [0.05, 0.1) is 18.3 Å². The van der Waals surface area contributed by atoms with E-state index in [-0.39, 0.29) is 23.3 Å². The number of benzene rings is 1. The van der Waals surface area contributed by atoms with E-state index in [4.69, 9.17) is 9.72 Å². The Labute approximate surface area is 236 Å². The zero-order chi connectivity index (χ0) is 28.6. The third kappa shape index (κ3) is 5.77. The van der Waals surface area contributed by atoms with Gasteiger partial charge in [0.25, 0.3) is 0 Å². The molecule has 2 amide bonds. The molecule has 5 heterocycles. The van der Waals surface area contributed by atoms with Gasteiger partial charge in [-0.25, -0.2) is 14.3 Å². The van der Waals surface area contributed by atoms with Crippen molar-refractivity contribution in [1.82, 2.24) is 34.8 Å². The molecular weight excluding hydrogens is 530 g/mol. The highest BCUT2D eigenvalue weighted by Crippen LogP contribution is 2.30. The second-order valence-corrected chi connectivity index (χ2v) is 11.0. The van der Waals surface area contributed by atoms with Gasteiger partial charge in [0, 0.05) is 44.6 Å². The van der Waals surface area contributed by atoms with Crippen LogP contribution in [0.1, 0.15) is 42.6 Å². The number of urea groups is 1. The van der Waals surface area contributed by atoms with Crippen LogP contribution in [0.25, 0.3) is 5.65 Å². The number of nitrogens with zero attached hydrogens (tertiary/aromatic N) is 7. The number of aromatic nitrogens is 5. The van der Waals surface area contributed by atoms with Gasteiger partial charge < -0.3 is 19.9 Å². The Bertz CT molecular complexity index is 1540. The summed E-state index contributed by atoms with van der Waals surface area (Å²) >= 11 is 0. The number of nitrogens with one attached hydrogen (secondary N) is 1. The van der Waals surface area contributed by atoms with Gasteiger partial charge in [-0.2, -0.15) is 23.8 Å². The van der Waals surface area contributed by atoms with E-state index in [0.717, 1.165) is 23.0 Å². The highest BCUT2D eigenvalue weighted by molar-refractivity contribution is 5.78. The maximum atomic E-state index is 13.5. The lowest BCUT2D eigenvalue weighted by Crippen LogP contribution is -2.52. The van der Waals surface area contributed by atoms with Crippen molar-refractivity contribution in [2.24, 2.45) is 0 Å². The third-order valence-corrected chi connectivity index (χ3v) is 7.96. The van der Waals surface area contributed by atoms with Crippen LogP contribution in [-0.2, 0) is 6.42 Å². The van der Waals surface area contributed by atoms with Crippen LogP contribution in [0, 0.1) is 18.9 Å². The highest BCUT2D eigenvalue weighted by atomic mass is 19.1. The van der Waals surface area contributed by atoms with Crippen molar-refractivity contribution in [3.05, 3.63) is 77.6 Å². The Hall–Kier alpha value is -4.35. The number of halogens is 2. The quantitative estimate of drug-likeness (QED) is 0.257. The summed E-state index contributed by atoms with van der Waals surface area (Å²) in [5, 5.41) is 7.80. The molecule has 1 atom stereocenters. The van der Waals surface area contributed by atoms with Gasteiger partial charge in [-0.15, -0.1) is 0 Å². The van der Waals surface area contributed by atoms with Crippen LogP contribution in [0.15, 0.2) is 48.7 Å². The van der Waals surface area contributed by atoms with E-state index in [1.807, 2.05) is 42.3 Å². The zero-order valence-corrected chi connectivity index (χ0v) is 23.1. The molecule has 12 heteroatoms. The van der Waals surface area contributed by atoms with Crippen molar-refractivity contribution in [3.63, 3.8) is 0 Å². The topological polar surface area (TPSA) is 101 Å². The number of anilines is 1. The van der Waals surface area contributed by atoms with E-state index in [1.165, 1.54) is 5.56 Å². The van der Waals surface area contributed by atoms with Gasteiger partial charge in [0.2, 0.25) is 5.95 Å². The SMILES string of the molecule is Cc1cc(OC[C@H](C)c2ccccc2)cn2nc(CCN3CC4(CCN(c5cc(F)nc(F)n5)CC4)NC3=O)nc12. The minimum absolute atomic E-state index is 0.124. The van der Waals surface area contributed by atoms with E-state index in [1.54, 1.807) is 9.42 Å². The van der Waals surface area contributed by atoms with Crippen molar-refractivity contribution in [1.29, 1.82) is 0 Å². The van der Waals surface area contributed by atoms with Crippen LogP contribution in [0.5, 0.6) is 5.75 Å². The predicted octanol–water partition coefficient (Wildman–Crippen LogP) is 3.90. The van der Waals surface area contributed by atoms with Crippen LogP contribution < -0.4 is 15.0 Å². The number of carbonyl (C=O) groups excluding carboxylic acids is 1. The monoisotopic (exact) mass is 562 g/mol. The molecule has 10 nitrogen and oxygen atoms in total. The summed E-state index contributed by atoms with van der Waals surface area (Å²) < 4.78 is 34.8. The molecule has 2 saturated heterocycles. The molecule has 2 aliphatic heterocycles. The maximum absolute atomic E-state index is 13.5. The molecule has 1 N–H and O–H groups in total. The van der Waals surface area contributed by atoms with Crippen LogP contribution in [0.2, 0.25) is 0 Å². The first-order valence-electron chi connectivity index (χ1n) is 13.8. The number of fused-ring (bicyclic) bond motifs is 1. The molecule has 214 valence electrons. The van der Waals surface area contributed by atoms with Gasteiger partial charge in [-0.05, 0) is 37.0 Å². The second kappa shape index (κ2) is 10.9. The summed E-state index contributed by atoms with van der Waals surface area (Å²) in [7, 11) is 0. The largest absolute Gasteiger partial charge is 0.491 e. The van der Waals surface area contributed by atoms with Crippen molar-refractivity contribution >= 4 is 17.5 Å². The van der Waals surface area contributed by atoms with Crippen LogP contribution in [0.3, 0.4) is 0 Å². The Kier molecular flexibility index (Phi) is 7.14. The Balaban J connectivity index is 1.05. The molecule has 0 unspecified atom stereocenters. The lowest BCUT2D eigenvalue weighted by Gasteiger charge is -2.39. The third-order valence-electron chi connectivity index (χ3n) is 7.96.